The van der Waals surface area contributed by atoms with Crippen LogP contribution in [0.1, 0.15) is 37.6 Å². The van der Waals surface area contributed by atoms with Crippen molar-refractivity contribution in [1.29, 1.82) is 0 Å². The first-order valence-electron chi connectivity index (χ1n) is 7.51. The summed E-state index contributed by atoms with van der Waals surface area (Å²) in [6.45, 7) is 8.11. The number of carbonyl (C=O) groups is 1. The van der Waals surface area contributed by atoms with Gasteiger partial charge in [0.15, 0.2) is 0 Å². The molecule has 0 spiro atoms. The normalized spacial score (nSPS) is 11.0. The molecule has 0 aliphatic heterocycles. The SMILES string of the molecule is Cc1ccc(SCCC(=O)Nc2cc(C)nn2C(C)C)cc1. The van der Waals surface area contributed by atoms with Crippen LogP contribution in [-0.4, -0.2) is 21.4 Å². The minimum atomic E-state index is 0.0291. The number of rotatable bonds is 6. The number of aromatic nitrogens is 2. The highest BCUT2D eigenvalue weighted by atomic mass is 32.2. The van der Waals surface area contributed by atoms with Crippen molar-refractivity contribution >= 4 is 23.5 Å². The molecule has 1 aromatic carbocycles. The second-order valence-corrected chi connectivity index (χ2v) is 6.84. The molecule has 2 aromatic rings. The molecule has 4 nitrogen and oxygen atoms in total. The zero-order valence-corrected chi connectivity index (χ0v) is 14.4. The van der Waals surface area contributed by atoms with E-state index in [0.29, 0.717) is 6.42 Å². The lowest BCUT2D eigenvalue weighted by Gasteiger charge is -2.11. The molecular weight excluding hydrogens is 294 g/mol. The van der Waals surface area contributed by atoms with Gasteiger partial charge in [0.25, 0.3) is 0 Å². The molecule has 22 heavy (non-hydrogen) atoms. The Balaban J connectivity index is 1.84. The number of nitrogens with zero attached hydrogens (tertiary/aromatic N) is 2. The maximum absolute atomic E-state index is 12.1. The van der Waals surface area contributed by atoms with E-state index in [0.717, 1.165) is 17.3 Å². The minimum absolute atomic E-state index is 0.0291. The Morgan fingerprint density at radius 3 is 2.59 bits per heavy atom. The zero-order valence-electron chi connectivity index (χ0n) is 13.6. The second kappa shape index (κ2) is 7.49. The van der Waals surface area contributed by atoms with E-state index in [9.17, 15) is 4.79 Å². The molecule has 1 aromatic heterocycles. The van der Waals surface area contributed by atoms with Crippen LogP contribution >= 0.6 is 11.8 Å². The van der Waals surface area contributed by atoms with Gasteiger partial charge in [0.2, 0.25) is 5.91 Å². The molecule has 0 unspecified atom stereocenters. The summed E-state index contributed by atoms with van der Waals surface area (Å²) in [6, 6.07) is 10.5. The van der Waals surface area contributed by atoms with Crippen LogP contribution in [0.4, 0.5) is 5.82 Å². The van der Waals surface area contributed by atoms with Crippen LogP contribution in [0.25, 0.3) is 0 Å². The van der Waals surface area contributed by atoms with Crippen LogP contribution in [0.5, 0.6) is 0 Å². The Bertz CT molecular complexity index is 632. The quantitative estimate of drug-likeness (QED) is 0.812. The number of amides is 1. The van der Waals surface area contributed by atoms with Crippen LogP contribution < -0.4 is 5.32 Å². The molecule has 1 N–H and O–H groups in total. The zero-order chi connectivity index (χ0) is 16.1. The summed E-state index contributed by atoms with van der Waals surface area (Å²) in [5, 5.41) is 7.35. The first kappa shape index (κ1) is 16.6. The number of benzene rings is 1. The molecule has 0 atom stereocenters. The van der Waals surface area contributed by atoms with Gasteiger partial charge >= 0.3 is 0 Å². The maximum Gasteiger partial charge on any atom is 0.226 e. The smallest absolute Gasteiger partial charge is 0.226 e. The van der Waals surface area contributed by atoms with Gasteiger partial charge < -0.3 is 5.32 Å². The number of carbonyl (C=O) groups excluding carboxylic acids is 1. The molecule has 0 radical (unpaired) electrons. The van der Waals surface area contributed by atoms with Gasteiger partial charge in [0.1, 0.15) is 5.82 Å². The lowest BCUT2D eigenvalue weighted by Crippen LogP contribution is -2.16. The largest absolute Gasteiger partial charge is 0.311 e. The fourth-order valence-electron chi connectivity index (χ4n) is 2.11. The Kier molecular flexibility index (Phi) is 5.66. The van der Waals surface area contributed by atoms with Gasteiger partial charge in [-0.05, 0) is 39.8 Å². The predicted molar refractivity (Wildman–Crippen MR) is 92.5 cm³/mol. The van der Waals surface area contributed by atoms with Crippen molar-refractivity contribution in [2.75, 3.05) is 11.1 Å². The minimum Gasteiger partial charge on any atom is -0.311 e. The van der Waals surface area contributed by atoms with Crippen molar-refractivity contribution in [2.24, 2.45) is 0 Å². The lowest BCUT2D eigenvalue weighted by atomic mass is 10.2. The monoisotopic (exact) mass is 317 g/mol. The first-order chi connectivity index (χ1) is 10.5. The van der Waals surface area contributed by atoms with E-state index in [4.69, 9.17) is 0 Å². The summed E-state index contributed by atoms with van der Waals surface area (Å²) in [7, 11) is 0. The lowest BCUT2D eigenvalue weighted by molar-refractivity contribution is -0.115. The summed E-state index contributed by atoms with van der Waals surface area (Å²) in [5.74, 6) is 1.57. The molecule has 0 saturated heterocycles. The number of anilines is 1. The Hall–Kier alpha value is -1.75. The summed E-state index contributed by atoms with van der Waals surface area (Å²) in [5.41, 5.74) is 2.16. The molecule has 2 rings (SSSR count). The molecule has 5 heteroatoms. The number of hydrogen-bond acceptors (Lipinski definition) is 3. The first-order valence-corrected chi connectivity index (χ1v) is 8.49. The average Bonchev–Trinajstić information content (AvgIpc) is 2.82. The molecule has 0 bridgehead atoms. The number of nitrogens with one attached hydrogen (secondary N) is 1. The summed E-state index contributed by atoms with van der Waals surface area (Å²) >= 11 is 1.70. The number of hydrogen-bond donors (Lipinski definition) is 1. The number of thioether (sulfide) groups is 1. The molecule has 0 aliphatic rings. The van der Waals surface area contributed by atoms with Gasteiger partial charge in [-0.15, -0.1) is 11.8 Å². The highest BCUT2D eigenvalue weighted by Crippen LogP contribution is 2.20. The van der Waals surface area contributed by atoms with Gasteiger partial charge in [-0.3, -0.25) is 4.79 Å². The fourth-order valence-corrected chi connectivity index (χ4v) is 2.96. The van der Waals surface area contributed by atoms with E-state index in [1.807, 2.05) is 17.7 Å². The van der Waals surface area contributed by atoms with Crippen LogP contribution in [0, 0.1) is 13.8 Å². The highest BCUT2D eigenvalue weighted by molar-refractivity contribution is 7.99. The topological polar surface area (TPSA) is 46.9 Å². The van der Waals surface area contributed by atoms with Crippen LogP contribution in [0.3, 0.4) is 0 Å². The van der Waals surface area contributed by atoms with Crippen LogP contribution in [0.2, 0.25) is 0 Å². The number of aryl methyl sites for hydroxylation is 2. The molecule has 118 valence electrons. The van der Waals surface area contributed by atoms with E-state index in [-0.39, 0.29) is 11.9 Å². The van der Waals surface area contributed by atoms with E-state index in [2.05, 4.69) is 55.5 Å². The fraction of sp³-hybridized carbons (Fsp3) is 0.412. The van der Waals surface area contributed by atoms with Crippen LogP contribution in [-0.2, 0) is 4.79 Å². The predicted octanol–water partition coefficient (Wildman–Crippen LogP) is 4.20. The summed E-state index contributed by atoms with van der Waals surface area (Å²) in [6.07, 6.45) is 0.487. The third kappa shape index (κ3) is 4.63. The van der Waals surface area contributed by atoms with Crippen LogP contribution in [0.15, 0.2) is 35.2 Å². The van der Waals surface area contributed by atoms with Gasteiger partial charge in [-0.25, -0.2) is 4.68 Å². The summed E-state index contributed by atoms with van der Waals surface area (Å²) in [4.78, 5) is 13.3. The van der Waals surface area contributed by atoms with E-state index in [1.54, 1.807) is 11.8 Å². The Morgan fingerprint density at radius 1 is 1.27 bits per heavy atom. The molecule has 1 amide bonds. The van der Waals surface area contributed by atoms with E-state index < -0.39 is 0 Å². The average molecular weight is 317 g/mol. The van der Waals surface area contributed by atoms with Gasteiger partial charge in [0, 0.05) is 29.2 Å². The molecule has 0 fully saturated rings. The van der Waals surface area contributed by atoms with Gasteiger partial charge in [-0.1, -0.05) is 17.7 Å². The highest BCUT2D eigenvalue weighted by Gasteiger charge is 2.11. The van der Waals surface area contributed by atoms with E-state index >= 15 is 0 Å². The molecule has 0 aliphatic carbocycles. The Morgan fingerprint density at radius 2 is 1.95 bits per heavy atom. The van der Waals surface area contributed by atoms with Crippen molar-refractivity contribution in [3.63, 3.8) is 0 Å². The second-order valence-electron chi connectivity index (χ2n) is 5.67. The van der Waals surface area contributed by atoms with Crippen molar-refractivity contribution in [3.05, 3.63) is 41.6 Å². The van der Waals surface area contributed by atoms with Gasteiger partial charge in [0.05, 0.1) is 5.69 Å². The van der Waals surface area contributed by atoms with Gasteiger partial charge in [-0.2, -0.15) is 5.10 Å². The standard InChI is InChI=1S/C17H23N3OS/c1-12(2)20-16(11-14(4)19-20)18-17(21)9-10-22-15-7-5-13(3)6-8-15/h5-8,11-12H,9-10H2,1-4H3,(H,18,21). The maximum atomic E-state index is 12.1. The van der Waals surface area contributed by atoms with Crippen molar-refractivity contribution < 1.29 is 4.79 Å². The third-order valence-corrected chi connectivity index (χ3v) is 4.25. The molecule has 0 saturated carbocycles. The summed E-state index contributed by atoms with van der Waals surface area (Å²) < 4.78 is 1.85. The Labute approximate surface area is 136 Å². The third-order valence-electron chi connectivity index (χ3n) is 3.23. The molecular formula is C17H23N3OS. The van der Waals surface area contributed by atoms with Crippen molar-refractivity contribution in [2.45, 2.75) is 45.1 Å². The molecule has 1 heterocycles. The van der Waals surface area contributed by atoms with Crippen molar-refractivity contribution in [3.8, 4) is 0 Å². The van der Waals surface area contributed by atoms with E-state index in [1.165, 1.54) is 10.5 Å². The van der Waals surface area contributed by atoms with Crippen molar-refractivity contribution in [1.82, 2.24) is 9.78 Å².